The van der Waals surface area contributed by atoms with Gasteiger partial charge in [0.2, 0.25) is 0 Å². The molecule has 0 N–H and O–H groups in total. The van der Waals surface area contributed by atoms with E-state index in [0.29, 0.717) is 17.9 Å². The van der Waals surface area contributed by atoms with Crippen LogP contribution in [0.15, 0.2) is 23.8 Å². The number of ether oxygens (including phenoxy) is 1. The second-order valence-corrected chi connectivity index (χ2v) is 3.03. The van der Waals surface area contributed by atoms with Gasteiger partial charge in [0, 0.05) is 19.1 Å². The van der Waals surface area contributed by atoms with Crippen molar-refractivity contribution in [3.05, 3.63) is 23.8 Å². The van der Waals surface area contributed by atoms with E-state index in [9.17, 15) is 4.79 Å². The van der Waals surface area contributed by atoms with Gasteiger partial charge in [-0.05, 0) is 0 Å². The van der Waals surface area contributed by atoms with Gasteiger partial charge in [0.1, 0.15) is 11.9 Å². The summed E-state index contributed by atoms with van der Waals surface area (Å²) >= 11 is 5.73. The van der Waals surface area contributed by atoms with Crippen molar-refractivity contribution < 1.29 is 9.53 Å². The molecule has 0 radical (unpaired) electrons. The Morgan fingerprint density at radius 3 is 2.92 bits per heavy atom. The molecule has 0 saturated heterocycles. The fraction of sp³-hybridized carbons (Fsp3) is 0.444. The molecular formula is C9H11ClO2. The third-order valence-corrected chi connectivity index (χ3v) is 2.48. The summed E-state index contributed by atoms with van der Waals surface area (Å²) in [6.45, 7) is 0. The molecular weight excluding hydrogens is 176 g/mol. The minimum Gasteiger partial charge on any atom is -0.373 e. The van der Waals surface area contributed by atoms with E-state index in [1.54, 1.807) is 13.2 Å². The zero-order chi connectivity index (χ0) is 9.03. The van der Waals surface area contributed by atoms with E-state index in [0.717, 1.165) is 6.29 Å². The Morgan fingerprint density at radius 2 is 2.58 bits per heavy atom. The Balaban J connectivity index is 2.74. The fourth-order valence-electron chi connectivity index (χ4n) is 1.07. The molecule has 0 saturated carbocycles. The van der Waals surface area contributed by atoms with Crippen LogP contribution in [0.3, 0.4) is 0 Å². The monoisotopic (exact) mass is 186 g/mol. The van der Waals surface area contributed by atoms with E-state index in [1.165, 1.54) is 0 Å². The highest BCUT2D eigenvalue weighted by atomic mass is 35.5. The topological polar surface area (TPSA) is 26.3 Å². The molecule has 12 heavy (non-hydrogen) atoms. The van der Waals surface area contributed by atoms with Crippen molar-refractivity contribution >= 4 is 17.9 Å². The normalized spacial score (nSPS) is 28.3. The van der Waals surface area contributed by atoms with Crippen LogP contribution in [0.1, 0.15) is 6.42 Å². The van der Waals surface area contributed by atoms with Gasteiger partial charge in [-0.15, -0.1) is 11.6 Å². The average Bonchev–Trinajstić information content (AvgIpc) is 2.18. The lowest BCUT2D eigenvalue weighted by Crippen LogP contribution is -2.31. The number of methoxy groups -OCH3 is 1. The SMILES string of the molecule is COC1(CCl)C=CC(C=O)=CC1. The standard InChI is InChI=1S/C9H11ClO2/c1-12-9(7-10)4-2-8(6-11)3-5-9/h2-4,6H,5,7H2,1H3. The van der Waals surface area contributed by atoms with Gasteiger partial charge in [0.25, 0.3) is 0 Å². The summed E-state index contributed by atoms with van der Waals surface area (Å²) in [5, 5.41) is 0. The van der Waals surface area contributed by atoms with Crippen LogP contribution < -0.4 is 0 Å². The van der Waals surface area contributed by atoms with E-state index >= 15 is 0 Å². The maximum Gasteiger partial charge on any atom is 0.149 e. The van der Waals surface area contributed by atoms with E-state index in [4.69, 9.17) is 16.3 Å². The molecule has 0 aromatic heterocycles. The molecule has 0 aromatic carbocycles. The van der Waals surface area contributed by atoms with Crippen molar-refractivity contribution in [2.75, 3.05) is 13.0 Å². The summed E-state index contributed by atoms with van der Waals surface area (Å²) in [6, 6.07) is 0. The molecule has 0 heterocycles. The predicted molar refractivity (Wildman–Crippen MR) is 48.4 cm³/mol. The summed E-state index contributed by atoms with van der Waals surface area (Å²) < 4.78 is 5.24. The van der Waals surface area contributed by atoms with Crippen molar-refractivity contribution in [2.24, 2.45) is 0 Å². The van der Waals surface area contributed by atoms with Gasteiger partial charge in [-0.2, -0.15) is 0 Å². The minimum absolute atomic E-state index is 0.405. The predicted octanol–water partition coefficient (Wildman–Crippen LogP) is 1.70. The number of allylic oxidation sites excluding steroid dienone is 2. The van der Waals surface area contributed by atoms with Crippen molar-refractivity contribution in [3.8, 4) is 0 Å². The summed E-state index contributed by atoms with van der Waals surface area (Å²) in [5.41, 5.74) is 0.279. The first kappa shape index (κ1) is 9.49. The van der Waals surface area contributed by atoms with Gasteiger partial charge in [-0.1, -0.05) is 18.2 Å². The van der Waals surface area contributed by atoms with Crippen LogP contribution in [-0.4, -0.2) is 24.9 Å². The maximum absolute atomic E-state index is 10.4. The van der Waals surface area contributed by atoms with E-state index < -0.39 is 5.60 Å². The van der Waals surface area contributed by atoms with Gasteiger partial charge < -0.3 is 4.74 Å². The van der Waals surface area contributed by atoms with Crippen LogP contribution in [0.2, 0.25) is 0 Å². The average molecular weight is 187 g/mol. The van der Waals surface area contributed by atoms with Crippen molar-refractivity contribution in [1.82, 2.24) is 0 Å². The number of aldehydes is 1. The number of carbonyl (C=O) groups excluding carboxylic acids is 1. The number of hydrogen-bond acceptors (Lipinski definition) is 2. The Labute approximate surface area is 76.9 Å². The minimum atomic E-state index is -0.409. The number of carbonyl (C=O) groups is 1. The van der Waals surface area contributed by atoms with Gasteiger partial charge in [0.05, 0.1) is 5.88 Å². The molecule has 1 atom stereocenters. The van der Waals surface area contributed by atoms with Crippen molar-refractivity contribution in [1.29, 1.82) is 0 Å². The second kappa shape index (κ2) is 3.87. The van der Waals surface area contributed by atoms with E-state index in [1.807, 2.05) is 12.2 Å². The third-order valence-electron chi connectivity index (χ3n) is 2.03. The van der Waals surface area contributed by atoms with Gasteiger partial charge in [0.15, 0.2) is 0 Å². The van der Waals surface area contributed by atoms with E-state index in [-0.39, 0.29) is 0 Å². The molecule has 0 bridgehead atoms. The quantitative estimate of drug-likeness (QED) is 0.496. The van der Waals surface area contributed by atoms with Crippen molar-refractivity contribution in [2.45, 2.75) is 12.0 Å². The first-order valence-corrected chi connectivity index (χ1v) is 4.25. The molecule has 66 valence electrons. The highest BCUT2D eigenvalue weighted by Gasteiger charge is 2.26. The molecule has 0 aliphatic heterocycles. The van der Waals surface area contributed by atoms with Gasteiger partial charge in [-0.3, -0.25) is 4.79 Å². The van der Waals surface area contributed by atoms with Crippen LogP contribution >= 0.6 is 11.6 Å². The summed E-state index contributed by atoms with van der Waals surface area (Å²) in [4.78, 5) is 10.4. The lowest BCUT2D eigenvalue weighted by molar-refractivity contribution is -0.104. The van der Waals surface area contributed by atoms with Crippen LogP contribution in [0, 0.1) is 0 Å². The number of hydrogen-bond donors (Lipinski definition) is 0. The molecule has 2 nitrogen and oxygen atoms in total. The highest BCUT2D eigenvalue weighted by Crippen LogP contribution is 2.24. The molecule has 1 aliphatic rings. The second-order valence-electron chi connectivity index (χ2n) is 2.76. The lowest BCUT2D eigenvalue weighted by atomic mass is 9.94. The Hall–Kier alpha value is -0.600. The zero-order valence-corrected chi connectivity index (χ0v) is 7.67. The molecule has 0 amide bonds. The lowest BCUT2D eigenvalue weighted by Gasteiger charge is -2.27. The first-order valence-electron chi connectivity index (χ1n) is 3.72. The molecule has 1 rings (SSSR count). The number of alkyl halides is 1. The largest absolute Gasteiger partial charge is 0.373 e. The maximum atomic E-state index is 10.4. The summed E-state index contributed by atoms with van der Waals surface area (Å²) in [6.07, 6.45) is 6.90. The van der Waals surface area contributed by atoms with Crippen LogP contribution in [0.4, 0.5) is 0 Å². The molecule has 0 spiro atoms. The smallest absolute Gasteiger partial charge is 0.149 e. The van der Waals surface area contributed by atoms with Crippen LogP contribution in [0.5, 0.6) is 0 Å². The number of rotatable bonds is 3. The van der Waals surface area contributed by atoms with Gasteiger partial charge in [-0.25, -0.2) is 0 Å². The molecule has 3 heteroatoms. The van der Waals surface area contributed by atoms with Gasteiger partial charge >= 0.3 is 0 Å². The molecule has 1 aliphatic carbocycles. The zero-order valence-electron chi connectivity index (χ0n) is 6.92. The van der Waals surface area contributed by atoms with Crippen LogP contribution in [-0.2, 0) is 9.53 Å². The first-order chi connectivity index (χ1) is 5.76. The molecule has 1 unspecified atom stereocenters. The summed E-state index contributed by atoms with van der Waals surface area (Å²) in [5.74, 6) is 0.405. The molecule has 0 aromatic rings. The summed E-state index contributed by atoms with van der Waals surface area (Å²) in [7, 11) is 1.62. The Bertz CT molecular complexity index is 227. The van der Waals surface area contributed by atoms with Crippen molar-refractivity contribution in [3.63, 3.8) is 0 Å². The van der Waals surface area contributed by atoms with Crippen LogP contribution in [0.25, 0.3) is 0 Å². The Kier molecular flexibility index (Phi) is 3.06. The van der Waals surface area contributed by atoms with E-state index in [2.05, 4.69) is 0 Å². The Morgan fingerprint density at radius 1 is 1.83 bits per heavy atom. The fourth-order valence-corrected chi connectivity index (χ4v) is 1.37. The molecule has 0 fully saturated rings. The third kappa shape index (κ3) is 1.76. The highest BCUT2D eigenvalue weighted by molar-refractivity contribution is 6.18. The number of halogens is 1.